The Kier molecular flexibility index (Phi) is 5.54. The molecule has 2 N–H and O–H groups in total. The molecule has 0 amide bonds. The van der Waals surface area contributed by atoms with Gasteiger partial charge in [0, 0.05) is 0 Å². The molecule has 0 aromatic rings. The predicted octanol–water partition coefficient (Wildman–Crippen LogP) is 5.83. The molecule has 0 saturated heterocycles. The predicted molar refractivity (Wildman–Crippen MR) is 116 cm³/mol. The highest BCUT2D eigenvalue weighted by Crippen LogP contribution is 2.69. The first kappa shape index (κ1) is 20.9. The van der Waals surface area contributed by atoms with Gasteiger partial charge in [0.25, 0.3) is 0 Å². The van der Waals surface area contributed by atoms with Gasteiger partial charge in [-0.3, -0.25) is 0 Å². The van der Waals surface area contributed by atoms with Crippen LogP contribution in [-0.4, -0.2) is 22.4 Å². The fourth-order valence-electron chi connectivity index (χ4n) is 9.36. The van der Waals surface area contributed by atoms with E-state index in [-0.39, 0.29) is 12.2 Å². The lowest BCUT2D eigenvalue weighted by molar-refractivity contribution is -0.203. The monoisotopic (exact) mass is 388 g/mol. The second-order valence-electron chi connectivity index (χ2n) is 11.6. The van der Waals surface area contributed by atoms with E-state index in [0.717, 1.165) is 38.0 Å². The highest BCUT2D eigenvalue weighted by molar-refractivity contribution is 5.13. The minimum absolute atomic E-state index is 0.152. The third-order valence-corrected chi connectivity index (χ3v) is 10.7. The van der Waals surface area contributed by atoms with Crippen molar-refractivity contribution >= 4 is 0 Å². The molecule has 2 nitrogen and oxygen atoms in total. The maximum absolute atomic E-state index is 11.7. The molecular weight excluding hydrogens is 344 g/mol. The van der Waals surface area contributed by atoms with Gasteiger partial charge in [0.2, 0.25) is 0 Å². The van der Waals surface area contributed by atoms with Crippen LogP contribution in [0.1, 0.15) is 85.5 Å². The average molecular weight is 389 g/mol. The number of aliphatic hydroxyl groups excluding tert-OH is 2. The van der Waals surface area contributed by atoms with Gasteiger partial charge >= 0.3 is 0 Å². The van der Waals surface area contributed by atoms with E-state index < -0.39 is 0 Å². The molecule has 0 radical (unpaired) electrons. The summed E-state index contributed by atoms with van der Waals surface area (Å²) in [4.78, 5) is 0. The summed E-state index contributed by atoms with van der Waals surface area (Å²) in [5, 5.41) is 22.1. The van der Waals surface area contributed by atoms with Crippen LogP contribution in [-0.2, 0) is 0 Å². The van der Waals surface area contributed by atoms with Crippen LogP contribution in [0.5, 0.6) is 0 Å². The van der Waals surface area contributed by atoms with Gasteiger partial charge in [0.15, 0.2) is 0 Å². The molecule has 4 aliphatic carbocycles. The summed E-state index contributed by atoms with van der Waals surface area (Å²) in [6.45, 7) is 13.8. The van der Waals surface area contributed by atoms with Gasteiger partial charge in [-0.25, -0.2) is 0 Å². The Bertz CT molecular complexity index is 587. The fraction of sp³-hybridized carbons (Fsp3) is 0.923. The van der Waals surface area contributed by atoms with E-state index in [0.29, 0.717) is 46.3 Å². The molecule has 0 aromatic heterocycles. The van der Waals surface area contributed by atoms with Crippen molar-refractivity contribution < 1.29 is 10.2 Å². The quantitative estimate of drug-likeness (QED) is 0.595. The number of hydrogen-bond donors (Lipinski definition) is 2. The summed E-state index contributed by atoms with van der Waals surface area (Å²) < 4.78 is 0. The van der Waals surface area contributed by atoms with E-state index in [1.807, 2.05) is 0 Å². The van der Waals surface area contributed by atoms with Crippen LogP contribution >= 0.6 is 0 Å². The van der Waals surface area contributed by atoms with E-state index in [2.05, 4.69) is 40.3 Å². The number of hydrogen-bond acceptors (Lipinski definition) is 2. The first-order valence-electron chi connectivity index (χ1n) is 12.2. The number of aliphatic hydroxyl groups is 2. The molecule has 4 aliphatic rings. The van der Waals surface area contributed by atoms with Crippen molar-refractivity contribution in [3.63, 3.8) is 0 Å². The van der Waals surface area contributed by atoms with E-state index in [1.54, 1.807) is 0 Å². The molecule has 0 unspecified atom stereocenters. The average Bonchev–Trinajstić information content (AvgIpc) is 3.01. The van der Waals surface area contributed by atoms with Gasteiger partial charge in [0.1, 0.15) is 0 Å². The highest BCUT2D eigenvalue weighted by Gasteiger charge is 2.64. The second kappa shape index (κ2) is 7.41. The zero-order chi connectivity index (χ0) is 20.3. The zero-order valence-electron chi connectivity index (χ0n) is 18.7. The van der Waals surface area contributed by atoms with Crippen molar-refractivity contribution in [1.29, 1.82) is 0 Å². The molecule has 0 aliphatic heterocycles. The Balaban J connectivity index is 1.67. The van der Waals surface area contributed by atoms with Gasteiger partial charge in [-0.15, -0.1) is 6.58 Å². The molecule has 4 rings (SSSR count). The molecule has 0 spiro atoms. The zero-order valence-corrected chi connectivity index (χ0v) is 18.7. The van der Waals surface area contributed by atoms with E-state index in [9.17, 15) is 10.2 Å². The smallest absolute Gasteiger partial charge is 0.0605 e. The standard InChI is InChI=1S/C26H44O2/c1-6-8-16(3)19-9-10-20-23-21(12-14-25(19,20)4)26(5)13-11-17(27)15-22(26)18(7-2)24(23)28/h6,16-24,27-28H,1,7-15H2,2-5H3/t16-,17-,18-,19-,20+,21+,22+,23+,24-,25-,26-/m1/s1. The third kappa shape index (κ3) is 2.88. The lowest BCUT2D eigenvalue weighted by Gasteiger charge is -2.64. The van der Waals surface area contributed by atoms with Gasteiger partial charge < -0.3 is 10.2 Å². The normalized spacial score (nSPS) is 54.4. The summed E-state index contributed by atoms with van der Waals surface area (Å²) >= 11 is 0. The third-order valence-electron chi connectivity index (χ3n) is 10.7. The molecule has 0 heterocycles. The second-order valence-corrected chi connectivity index (χ2v) is 11.6. The van der Waals surface area contributed by atoms with Gasteiger partial charge in [-0.05, 0) is 104 Å². The lowest BCUT2D eigenvalue weighted by atomic mass is 9.41. The molecule has 28 heavy (non-hydrogen) atoms. The van der Waals surface area contributed by atoms with Crippen LogP contribution in [0.3, 0.4) is 0 Å². The number of rotatable bonds is 4. The minimum Gasteiger partial charge on any atom is -0.393 e. The summed E-state index contributed by atoms with van der Waals surface area (Å²) in [5.41, 5.74) is 0.705. The Hall–Kier alpha value is -0.340. The first-order chi connectivity index (χ1) is 13.3. The van der Waals surface area contributed by atoms with Crippen molar-refractivity contribution in [3.05, 3.63) is 12.7 Å². The topological polar surface area (TPSA) is 40.5 Å². The number of fused-ring (bicyclic) bond motifs is 5. The lowest BCUT2D eigenvalue weighted by Crippen LogP contribution is -2.62. The molecule has 4 fully saturated rings. The van der Waals surface area contributed by atoms with E-state index in [1.165, 1.54) is 25.7 Å². The Labute approximate surface area is 173 Å². The van der Waals surface area contributed by atoms with Crippen molar-refractivity contribution in [2.45, 2.75) is 97.7 Å². The summed E-state index contributed by atoms with van der Waals surface area (Å²) in [6, 6.07) is 0. The summed E-state index contributed by atoms with van der Waals surface area (Å²) in [6.07, 6.45) is 12.2. The molecule has 2 heteroatoms. The van der Waals surface area contributed by atoms with Gasteiger partial charge in [-0.2, -0.15) is 0 Å². The Morgan fingerprint density at radius 3 is 2.36 bits per heavy atom. The SMILES string of the molecule is C=CC[C@@H](C)[C@H]1CC[C@H]2[C@@H]3[C@H](O)[C@H](CC)[C@@H]4C[C@H](O)CC[C@]4(C)[C@H]3CC[C@]12C. The fourth-order valence-corrected chi connectivity index (χ4v) is 9.36. The first-order valence-corrected chi connectivity index (χ1v) is 12.2. The van der Waals surface area contributed by atoms with Gasteiger partial charge in [0.05, 0.1) is 12.2 Å². The Morgan fingerprint density at radius 1 is 1.00 bits per heavy atom. The van der Waals surface area contributed by atoms with Crippen LogP contribution in [0.15, 0.2) is 12.7 Å². The van der Waals surface area contributed by atoms with Crippen molar-refractivity contribution in [1.82, 2.24) is 0 Å². The largest absolute Gasteiger partial charge is 0.393 e. The van der Waals surface area contributed by atoms with Crippen LogP contribution < -0.4 is 0 Å². The Morgan fingerprint density at radius 2 is 1.68 bits per heavy atom. The van der Waals surface area contributed by atoms with E-state index >= 15 is 0 Å². The minimum atomic E-state index is -0.170. The van der Waals surface area contributed by atoms with Crippen LogP contribution in [0.25, 0.3) is 0 Å². The van der Waals surface area contributed by atoms with Crippen LogP contribution in [0.4, 0.5) is 0 Å². The summed E-state index contributed by atoms with van der Waals surface area (Å²) in [5.74, 6) is 4.15. The molecule has 11 atom stereocenters. The van der Waals surface area contributed by atoms with Crippen LogP contribution in [0, 0.1) is 52.3 Å². The van der Waals surface area contributed by atoms with Crippen LogP contribution in [0.2, 0.25) is 0 Å². The maximum atomic E-state index is 11.7. The maximum Gasteiger partial charge on any atom is 0.0605 e. The van der Waals surface area contributed by atoms with Crippen molar-refractivity contribution in [2.75, 3.05) is 0 Å². The summed E-state index contributed by atoms with van der Waals surface area (Å²) in [7, 11) is 0. The molecule has 160 valence electrons. The van der Waals surface area contributed by atoms with E-state index in [4.69, 9.17) is 0 Å². The molecular formula is C26H44O2. The highest BCUT2D eigenvalue weighted by atomic mass is 16.3. The van der Waals surface area contributed by atoms with Gasteiger partial charge in [-0.1, -0.05) is 40.2 Å². The number of allylic oxidation sites excluding steroid dienone is 1. The van der Waals surface area contributed by atoms with Crippen molar-refractivity contribution in [3.8, 4) is 0 Å². The molecule has 4 saturated carbocycles. The van der Waals surface area contributed by atoms with Crippen molar-refractivity contribution in [2.24, 2.45) is 52.3 Å². The molecule has 0 aromatic carbocycles. The molecule has 0 bridgehead atoms.